The van der Waals surface area contributed by atoms with Crippen molar-refractivity contribution >= 4 is 23.2 Å². The molecule has 1 aliphatic heterocycles. The van der Waals surface area contributed by atoms with Gasteiger partial charge in [-0.15, -0.1) is 0 Å². The van der Waals surface area contributed by atoms with Crippen molar-refractivity contribution in [3.63, 3.8) is 0 Å². The summed E-state index contributed by atoms with van der Waals surface area (Å²) in [5.74, 6) is -0.505. The van der Waals surface area contributed by atoms with Crippen LogP contribution in [0, 0.1) is 5.92 Å². The molecule has 1 aliphatic rings. The van der Waals surface area contributed by atoms with Crippen LogP contribution in [-0.4, -0.2) is 23.3 Å². The summed E-state index contributed by atoms with van der Waals surface area (Å²) < 4.78 is 0. The zero-order valence-electron chi connectivity index (χ0n) is 11.4. The van der Waals surface area contributed by atoms with Gasteiger partial charge in [-0.3, -0.25) is 14.6 Å². The zero-order chi connectivity index (χ0) is 14.7. The number of hydrogen-bond donors (Lipinski definition) is 1. The largest absolute Gasteiger partial charge is 0.326 e. The fraction of sp³-hybridized carbons (Fsp3) is 0.188. The van der Waals surface area contributed by atoms with Crippen LogP contribution in [0.5, 0.6) is 0 Å². The summed E-state index contributed by atoms with van der Waals surface area (Å²) in [6.07, 6.45) is 3.52. The van der Waals surface area contributed by atoms with E-state index in [1.165, 1.54) is 0 Å². The van der Waals surface area contributed by atoms with E-state index in [1.54, 1.807) is 23.4 Å². The van der Waals surface area contributed by atoms with Gasteiger partial charge in [0.15, 0.2) is 0 Å². The molecule has 0 radical (unpaired) electrons. The Hall–Kier alpha value is -2.69. The Kier molecular flexibility index (Phi) is 3.64. The highest BCUT2D eigenvalue weighted by atomic mass is 16.2. The first-order valence-corrected chi connectivity index (χ1v) is 6.80. The number of nitrogens with zero attached hydrogens (tertiary/aromatic N) is 2. The fourth-order valence-electron chi connectivity index (χ4n) is 2.41. The number of hydrogen-bond acceptors (Lipinski definition) is 3. The van der Waals surface area contributed by atoms with Crippen LogP contribution in [0.15, 0.2) is 54.9 Å². The highest BCUT2D eigenvalue weighted by Gasteiger charge is 2.35. The molecular formula is C16H15N3O2. The van der Waals surface area contributed by atoms with E-state index in [2.05, 4.69) is 10.3 Å². The van der Waals surface area contributed by atoms with Crippen molar-refractivity contribution in [1.82, 2.24) is 4.98 Å². The Morgan fingerprint density at radius 1 is 1.19 bits per heavy atom. The molecule has 1 saturated heterocycles. The highest BCUT2D eigenvalue weighted by molar-refractivity contribution is 6.03. The second kappa shape index (κ2) is 5.75. The topological polar surface area (TPSA) is 62.3 Å². The van der Waals surface area contributed by atoms with Gasteiger partial charge in [0.1, 0.15) is 0 Å². The quantitative estimate of drug-likeness (QED) is 0.936. The van der Waals surface area contributed by atoms with E-state index in [4.69, 9.17) is 0 Å². The number of aromatic nitrogens is 1. The Morgan fingerprint density at radius 3 is 2.71 bits per heavy atom. The summed E-state index contributed by atoms with van der Waals surface area (Å²) in [6.45, 7) is 0.392. The van der Waals surface area contributed by atoms with Crippen LogP contribution in [0.4, 0.5) is 11.4 Å². The van der Waals surface area contributed by atoms with Crippen LogP contribution in [0.2, 0.25) is 0 Å². The first-order valence-electron chi connectivity index (χ1n) is 6.80. The van der Waals surface area contributed by atoms with Gasteiger partial charge in [-0.05, 0) is 24.3 Å². The van der Waals surface area contributed by atoms with Gasteiger partial charge in [0, 0.05) is 24.8 Å². The molecule has 21 heavy (non-hydrogen) atoms. The third kappa shape index (κ3) is 2.91. The SMILES string of the molecule is O=C(Nc1ccccc1)C1CC(=O)N(c2cccnc2)C1. The van der Waals surface area contributed by atoms with Gasteiger partial charge < -0.3 is 10.2 Å². The second-order valence-corrected chi connectivity index (χ2v) is 4.97. The molecule has 5 nitrogen and oxygen atoms in total. The first kappa shape index (κ1) is 13.3. The molecule has 0 bridgehead atoms. The summed E-state index contributed by atoms with van der Waals surface area (Å²) in [7, 11) is 0. The Balaban J connectivity index is 1.68. The molecule has 3 rings (SSSR count). The van der Waals surface area contributed by atoms with Crippen molar-refractivity contribution in [3.8, 4) is 0 Å². The van der Waals surface area contributed by atoms with E-state index in [0.29, 0.717) is 6.54 Å². The highest BCUT2D eigenvalue weighted by Crippen LogP contribution is 2.25. The van der Waals surface area contributed by atoms with Crippen molar-refractivity contribution < 1.29 is 9.59 Å². The second-order valence-electron chi connectivity index (χ2n) is 4.97. The number of pyridine rings is 1. The molecule has 1 aromatic carbocycles. The number of amides is 2. The predicted molar refractivity (Wildman–Crippen MR) is 79.8 cm³/mol. The minimum absolute atomic E-state index is 0.0452. The van der Waals surface area contributed by atoms with E-state index in [9.17, 15) is 9.59 Å². The molecule has 0 spiro atoms. The maximum absolute atomic E-state index is 12.2. The number of anilines is 2. The number of para-hydroxylation sites is 1. The van der Waals surface area contributed by atoms with E-state index >= 15 is 0 Å². The van der Waals surface area contributed by atoms with Gasteiger partial charge in [0.2, 0.25) is 11.8 Å². The third-order valence-electron chi connectivity index (χ3n) is 3.49. The van der Waals surface area contributed by atoms with Gasteiger partial charge in [-0.2, -0.15) is 0 Å². The predicted octanol–water partition coefficient (Wildman–Crippen LogP) is 2.07. The normalized spacial score (nSPS) is 17.8. The minimum atomic E-state index is -0.335. The molecular weight excluding hydrogens is 266 g/mol. The van der Waals surface area contributed by atoms with Crippen LogP contribution in [-0.2, 0) is 9.59 Å². The number of nitrogens with one attached hydrogen (secondary N) is 1. The average Bonchev–Trinajstić information content (AvgIpc) is 2.91. The summed E-state index contributed by atoms with van der Waals surface area (Å²) >= 11 is 0. The van der Waals surface area contributed by atoms with Gasteiger partial charge in [0.05, 0.1) is 17.8 Å². The molecule has 1 fully saturated rings. The molecule has 0 saturated carbocycles. The van der Waals surface area contributed by atoms with Gasteiger partial charge in [0.25, 0.3) is 0 Å². The molecule has 5 heteroatoms. The lowest BCUT2D eigenvalue weighted by molar-refractivity contribution is -0.122. The lowest BCUT2D eigenvalue weighted by Crippen LogP contribution is -2.28. The molecule has 106 valence electrons. The Bertz CT molecular complexity index is 643. The molecule has 1 aromatic heterocycles. The zero-order valence-corrected chi connectivity index (χ0v) is 11.4. The summed E-state index contributed by atoms with van der Waals surface area (Å²) in [4.78, 5) is 29.9. The average molecular weight is 281 g/mol. The number of benzene rings is 1. The Morgan fingerprint density at radius 2 is 2.00 bits per heavy atom. The van der Waals surface area contributed by atoms with Crippen LogP contribution >= 0.6 is 0 Å². The maximum Gasteiger partial charge on any atom is 0.229 e. The van der Waals surface area contributed by atoms with Crippen LogP contribution in [0.25, 0.3) is 0 Å². The van der Waals surface area contributed by atoms with Gasteiger partial charge in [-0.1, -0.05) is 18.2 Å². The number of carbonyl (C=O) groups is 2. The molecule has 2 heterocycles. The van der Waals surface area contributed by atoms with E-state index in [-0.39, 0.29) is 24.2 Å². The molecule has 1 atom stereocenters. The van der Waals surface area contributed by atoms with Gasteiger partial charge >= 0.3 is 0 Å². The van der Waals surface area contributed by atoms with Crippen molar-refractivity contribution in [3.05, 3.63) is 54.9 Å². The standard InChI is InChI=1S/C16H15N3O2/c20-15-9-12(11-19(15)14-7-4-8-17-10-14)16(21)18-13-5-2-1-3-6-13/h1-8,10,12H,9,11H2,(H,18,21). The maximum atomic E-state index is 12.2. The fourth-order valence-corrected chi connectivity index (χ4v) is 2.41. The first-order chi connectivity index (χ1) is 10.2. The monoisotopic (exact) mass is 281 g/mol. The lowest BCUT2D eigenvalue weighted by atomic mass is 10.1. The van der Waals surface area contributed by atoms with E-state index in [1.807, 2.05) is 36.4 Å². The summed E-state index contributed by atoms with van der Waals surface area (Å²) in [5, 5.41) is 2.84. The molecule has 2 amide bonds. The third-order valence-corrected chi connectivity index (χ3v) is 3.49. The van der Waals surface area contributed by atoms with Crippen LogP contribution < -0.4 is 10.2 Å². The van der Waals surface area contributed by atoms with E-state index in [0.717, 1.165) is 11.4 Å². The smallest absolute Gasteiger partial charge is 0.229 e. The molecule has 2 aromatic rings. The van der Waals surface area contributed by atoms with Crippen LogP contribution in [0.3, 0.4) is 0 Å². The molecule has 0 aliphatic carbocycles. The minimum Gasteiger partial charge on any atom is -0.326 e. The summed E-state index contributed by atoms with van der Waals surface area (Å²) in [6, 6.07) is 12.9. The lowest BCUT2D eigenvalue weighted by Gasteiger charge is -2.16. The molecule has 1 N–H and O–H groups in total. The van der Waals surface area contributed by atoms with Crippen LogP contribution in [0.1, 0.15) is 6.42 Å². The van der Waals surface area contributed by atoms with Gasteiger partial charge in [-0.25, -0.2) is 0 Å². The number of rotatable bonds is 3. The summed E-state index contributed by atoms with van der Waals surface area (Å²) in [5.41, 5.74) is 1.48. The van der Waals surface area contributed by atoms with Crippen molar-refractivity contribution in [1.29, 1.82) is 0 Å². The molecule has 1 unspecified atom stereocenters. The van der Waals surface area contributed by atoms with Crippen molar-refractivity contribution in [2.75, 3.05) is 16.8 Å². The number of carbonyl (C=O) groups excluding carboxylic acids is 2. The van der Waals surface area contributed by atoms with E-state index < -0.39 is 0 Å². The van der Waals surface area contributed by atoms with Crippen molar-refractivity contribution in [2.24, 2.45) is 5.92 Å². The van der Waals surface area contributed by atoms with Crippen molar-refractivity contribution in [2.45, 2.75) is 6.42 Å². The Labute approximate surface area is 122 Å².